The van der Waals surface area contributed by atoms with Gasteiger partial charge in [0.15, 0.2) is 0 Å². The minimum atomic E-state index is 0.695. The molecule has 0 aliphatic carbocycles. The maximum Gasteiger partial charge on any atom is 0.119 e. The summed E-state index contributed by atoms with van der Waals surface area (Å²) >= 11 is 0. The first-order chi connectivity index (χ1) is 9.08. The van der Waals surface area contributed by atoms with E-state index in [0.717, 1.165) is 38.4 Å². The maximum absolute atomic E-state index is 5.70. The molecular formula is C16H28N2O. The van der Waals surface area contributed by atoms with E-state index in [0.29, 0.717) is 5.92 Å². The lowest BCUT2D eigenvalue weighted by Gasteiger charge is -2.11. The lowest BCUT2D eigenvalue weighted by Crippen LogP contribution is -2.26. The Morgan fingerprint density at radius 1 is 1.16 bits per heavy atom. The minimum absolute atomic E-state index is 0.695. The summed E-state index contributed by atoms with van der Waals surface area (Å²) in [4.78, 5) is 2.18. The van der Waals surface area contributed by atoms with Gasteiger partial charge in [-0.15, -0.1) is 0 Å². The molecule has 0 spiro atoms. The van der Waals surface area contributed by atoms with E-state index >= 15 is 0 Å². The standard InChI is InChI=1S/C16H28N2O/c1-14(2)9-12-19-16-7-5-15(6-8-16)13-17-10-11-18(3)4/h5-8,14,17H,9-13H2,1-4H3. The molecule has 19 heavy (non-hydrogen) atoms. The molecule has 1 aromatic rings. The summed E-state index contributed by atoms with van der Waals surface area (Å²) in [5, 5.41) is 3.43. The third kappa shape index (κ3) is 7.85. The number of nitrogens with zero attached hydrogens (tertiary/aromatic N) is 1. The summed E-state index contributed by atoms with van der Waals surface area (Å²) in [6.07, 6.45) is 1.11. The van der Waals surface area contributed by atoms with Gasteiger partial charge >= 0.3 is 0 Å². The quantitative estimate of drug-likeness (QED) is 0.694. The monoisotopic (exact) mass is 264 g/mol. The third-order valence-corrected chi connectivity index (χ3v) is 2.95. The number of ether oxygens (including phenoxy) is 1. The molecule has 0 amide bonds. The van der Waals surface area contributed by atoms with Crippen LogP contribution >= 0.6 is 0 Å². The van der Waals surface area contributed by atoms with Crippen molar-refractivity contribution in [1.29, 1.82) is 0 Å². The molecular weight excluding hydrogens is 236 g/mol. The Morgan fingerprint density at radius 2 is 1.84 bits per heavy atom. The number of likely N-dealkylation sites (N-methyl/N-ethyl adjacent to an activating group) is 1. The van der Waals surface area contributed by atoms with Crippen LogP contribution in [-0.4, -0.2) is 38.7 Å². The number of nitrogens with one attached hydrogen (secondary N) is 1. The van der Waals surface area contributed by atoms with Crippen molar-refractivity contribution in [2.45, 2.75) is 26.8 Å². The van der Waals surface area contributed by atoms with E-state index in [-0.39, 0.29) is 0 Å². The summed E-state index contributed by atoms with van der Waals surface area (Å²) in [5.74, 6) is 1.66. The molecule has 0 saturated carbocycles. The van der Waals surface area contributed by atoms with Crippen LogP contribution in [0.15, 0.2) is 24.3 Å². The average Bonchev–Trinajstić information content (AvgIpc) is 2.36. The Labute approximate surface area is 118 Å². The molecule has 0 fully saturated rings. The first-order valence-electron chi connectivity index (χ1n) is 7.15. The summed E-state index contributed by atoms with van der Waals surface area (Å²) in [5.41, 5.74) is 1.30. The van der Waals surface area contributed by atoms with Crippen LogP contribution in [0, 0.1) is 5.92 Å². The van der Waals surface area contributed by atoms with Crippen molar-refractivity contribution in [3.63, 3.8) is 0 Å². The largest absolute Gasteiger partial charge is 0.494 e. The van der Waals surface area contributed by atoms with E-state index in [4.69, 9.17) is 4.74 Å². The summed E-state index contributed by atoms with van der Waals surface area (Å²) in [6.45, 7) is 8.23. The van der Waals surface area contributed by atoms with Crippen LogP contribution in [-0.2, 0) is 6.54 Å². The number of hydrogen-bond donors (Lipinski definition) is 1. The van der Waals surface area contributed by atoms with Crippen molar-refractivity contribution >= 4 is 0 Å². The highest BCUT2D eigenvalue weighted by molar-refractivity contribution is 5.27. The second-order valence-corrected chi connectivity index (χ2v) is 5.65. The molecule has 0 radical (unpaired) electrons. The Bertz CT molecular complexity index is 333. The molecule has 1 rings (SSSR count). The molecule has 0 aliphatic heterocycles. The van der Waals surface area contributed by atoms with Gasteiger partial charge in [-0.25, -0.2) is 0 Å². The first kappa shape index (κ1) is 16.0. The number of hydrogen-bond acceptors (Lipinski definition) is 3. The van der Waals surface area contributed by atoms with E-state index in [9.17, 15) is 0 Å². The smallest absolute Gasteiger partial charge is 0.119 e. The normalized spacial score (nSPS) is 11.3. The second kappa shape index (κ2) is 8.94. The van der Waals surface area contributed by atoms with Crippen molar-refractivity contribution in [2.75, 3.05) is 33.8 Å². The Hall–Kier alpha value is -1.06. The molecule has 108 valence electrons. The second-order valence-electron chi connectivity index (χ2n) is 5.65. The fourth-order valence-electron chi connectivity index (χ4n) is 1.65. The zero-order chi connectivity index (χ0) is 14.1. The molecule has 0 unspecified atom stereocenters. The van der Waals surface area contributed by atoms with Crippen LogP contribution < -0.4 is 10.1 Å². The van der Waals surface area contributed by atoms with Crippen molar-refractivity contribution in [2.24, 2.45) is 5.92 Å². The molecule has 1 aromatic carbocycles. The van der Waals surface area contributed by atoms with Gasteiger partial charge in [-0.3, -0.25) is 0 Å². The topological polar surface area (TPSA) is 24.5 Å². The molecule has 0 saturated heterocycles. The van der Waals surface area contributed by atoms with Gasteiger partial charge in [-0.05, 0) is 44.1 Å². The number of benzene rings is 1. The molecule has 0 aliphatic rings. The fraction of sp³-hybridized carbons (Fsp3) is 0.625. The molecule has 1 N–H and O–H groups in total. The lowest BCUT2D eigenvalue weighted by molar-refractivity contribution is 0.289. The Balaban J connectivity index is 2.23. The van der Waals surface area contributed by atoms with Gasteiger partial charge in [0.05, 0.1) is 6.61 Å². The van der Waals surface area contributed by atoms with E-state index in [1.807, 2.05) is 0 Å². The van der Waals surface area contributed by atoms with Crippen LogP contribution in [0.1, 0.15) is 25.8 Å². The molecule has 0 atom stereocenters. The zero-order valence-corrected chi connectivity index (χ0v) is 12.8. The SMILES string of the molecule is CC(C)CCOc1ccc(CNCCN(C)C)cc1. The van der Waals surface area contributed by atoms with Gasteiger partial charge in [-0.1, -0.05) is 26.0 Å². The van der Waals surface area contributed by atoms with Gasteiger partial charge in [0.1, 0.15) is 5.75 Å². The molecule has 3 nitrogen and oxygen atoms in total. The van der Waals surface area contributed by atoms with E-state index < -0.39 is 0 Å². The molecule has 0 bridgehead atoms. The van der Waals surface area contributed by atoms with Crippen molar-refractivity contribution in [3.05, 3.63) is 29.8 Å². The van der Waals surface area contributed by atoms with Crippen LogP contribution in [0.5, 0.6) is 5.75 Å². The Morgan fingerprint density at radius 3 is 2.42 bits per heavy atom. The maximum atomic E-state index is 5.70. The third-order valence-electron chi connectivity index (χ3n) is 2.95. The van der Waals surface area contributed by atoms with Crippen molar-refractivity contribution in [1.82, 2.24) is 10.2 Å². The predicted octanol–water partition coefficient (Wildman–Crippen LogP) is 2.76. The number of rotatable bonds is 9. The van der Waals surface area contributed by atoms with E-state index in [1.54, 1.807) is 0 Å². The van der Waals surface area contributed by atoms with Crippen LogP contribution in [0.4, 0.5) is 0 Å². The van der Waals surface area contributed by atoms with Crippen LogP contribution in [0.2, 0.25) is 0 Å². The highest BCUT2D eigenvalue weighted by atomic mass is 16.5. The van der Waals surface area contributed by atoms with Gasteiger partial charge in [0.25, 0.3) is 0 Å². The fourth-order valence-corrected chi connectivity index (χ4v) is 1.65. The van der Waals surface area contributed by atoms with E-state index in [2.05, 4.69) is 62.4 Å². The average molecular weight is 264 g/mol. The van der Waals surface area contributed by atoms with Gasteiger partial charge in [0, 0.05) is 19.6 Å². The molecule has 0 heterocycles. The van der Waals surface area contributed by atoms with Gasteiger partial charge < -0.3 is 15.0 Å². The van der Waals surface area contributed by atoms with Gasteiger partial charge in [0.2, 0.25) is 0 Å². The molecule has 0 aromatic heterocycles. The van der Waals surface area contributed by atoms with E-state index in [1.165, 1.54) is 5.56 Å². The zero-order valence-electron chi connectivity index (χ0n) is 12.8. The summed E-state index contributed by atoms with van der Waals surface area (Å²) in [6, 6.07) is 8.38. The predicted molar refractivity (Wildman–Crippen MR) is 81.7 cm³/mol. The van der Waals surface area contributed by atoms with Crippen molar-refractivity contribution < 1.29 is 4.74 Å². The molecule has 3 heteroatoms. The minimum Gasteiger partial charge on any atom is -0.494 e. The summed E-state index contributed by atoms with van der Waals surface area (Å²) < 4.78 is 5.70. The lowest BCUT2D eigenvalue weighted by atomic mass is 10.1. The first-order valence-corrected chi connectivity index (χ1v) is 7.15. The van der Waals surface area contributed by atoms with Crippen molar-refractivity contribution in [3.8, 4) is 5.75 Å². The van der Waals surface area contributed by atoms with Gasteiger partial charge in [-0.2, -0.15) is 0 Å². The van der Waals surface area contributed by atoms with Crippen LogP contribution in [0.3, 0.4) is 0 Å². The summed E-state index contributed by atoms with van der Waals surface area (Å²) in [7, 11) is 4.18. The highest BCUT2D eigenvalue weighted by Gasteiger charge is 1.98. The van der Waals surface area contributed by atoms with Crippen LogP contribution in [0.25, 0.3) is 0 Å². The Kier molecular flexibility index (Phi) is 7.53. The highest BCUT2D eigenvalue weighted by Crippen LogP contribution is 2.13.